The molecule has 1 N–H and O–H groups in total. The Labute approximate surface area is 151 Å². The van der Waals surface area contributed by atoms with Crippen LogP contribution in [0.4, 0.5) is 0 Å². The number of fused-ring (bicyclic) bond motifs is 2. The highest BCUT2D eigenvalue weighted by Gasteiger charge is 2.75. The summed E-state index contributed by atoms with van der Waals surface area (Å²) < 4.78 is 33.6. The second-order valence-corrected chi connectivity index (χ2v) is 8.29. The van der Waals surface area contributed by atoms with Gasteiger partial charge in [0.1, 0.15) is 17.7 Å². The van der Waals surface area contributed by atoms with Gasteiger partial charge in [0.2, 0.25) is 5.91 Å². The Hall–Kier alpha value is -1.25. The summed E-state index contributed by atoms with van der Waals surface area (Å²) in [5.74, 6) is -0.985. The van der Waals surface area contributed by atoms with Gasteiger partial charge in [-0.2, -0.15) is 0 Å². The fourth-order valence-electron chi connectivity index (χ4n) is 4.79. The minimum Gasteiger partial charge on any atom is -0.750 e. The van der Waals surface area contributed by atoms with Crippen molar-refractivity contribution in [3.05, 3.63) is 12.2 Å². The quantitative estimate of drug-likeness (QED) is 0.431. The number of rotatable bonds is 6. The highest BCUT2D eigenvalue weighted by molar-refractivity contribution is 7.74. The van der Waals surface area contributed by atoms with Crippen molar-refractivity contribution >= 4 is 23.2 Å². The summed E-state index contributed by atoms with van der Waals surface area (Å²) in [5, 5.41) is 2.43. The SMILES string of the molecule is C=C(C)C(=O)NCC(=O)OC1(C)C2(C)CCC(C2C)C1(C)OS(=O)[O-]. The van der Waals surface area contributed by atoms with Gasteiger partial charge >= 0.3 is 5.97 Å². The van der Waals surface area contributed by atoms with E-state index < -0.39 is 39.9 Å². The Morgan fingerprint density at radius 2 is 1.96 bits per heavy atom. The summed E-state index contributed by atoms with van der Waals surface area (Å²) >= 11 is -2.73. The first-order chi connectivity index (χ1) is 11.4. The van der Waals surface area contributed by atoms with Crippen LogP contribution in [-0.2, 0) is 29.9 Å². The molecule has 0 aromatic rings. The van der Waals surface area contributed by atoms with Crippen molar-refractivity contribution < 1.29 is 27.3 Å². The third kappa shape index (κ3) is 2.94. The lowest BCUT2D eigenvalue weighted by Crippen LogP contribution is -2.62. The molecule has 1 amide bonds. The van der Waals surface area contributed by atoms with Gasteiger partial charge in [-0.05, 0) is 45.4 Å². The van der Waals surface area contributed by atoms with Crippen molar-refractivity contribution in [1.82, 2.24) is 5.32 Å². The Kier molecular flexibility index (Phi) is 5.20. The second-order valence-electron chi connectivity index (χ2n) is 7.72. The lowest BCUT2D eigenvalue weighted by atomic mass is 9.66. The van der Waals surface area contributed by atoms with E-state index in [1.54, 1.807) is 13.8 Å². The van der Waals surface area contributed by atoms with Gasteiger partial charge in [0.05, 0.1) is 11.4 Å². The van der Waals surface area contributed by atoms with Gasteiger partial charge in [-0.3, -0.25) is 13.8 Å². The summed E-state index contributed by atoms with van der Waals surface area (Å²) in [6, 6.07) is 0. The third-order valence-corrected chi connectivity index (χ3v) is 7.15. The summed E-state index contributed by atoms with van der Waals surface area (Å²) in [6.45, 7) is 12.2. The van der Waals surface area contributed by atoms with Crippen molar-refractivity contribution in [2.45, 2.75) is 58.7 Å². The van der Waals surface area contributed by atoms with E-state index in [1.165, 1.54) is 6.92 Å². The summed E-state index contributed by atoms with van der Waals surface area (Å²) in [5.41, 5.74) is -2.41. The zero-order valence-corrected chi connectivity index (χ0v) is 16.2. The Balaban J connectivity index is 2.25. The van der Waals surface area contributed by atoms with Crippen molar-refractivity contribution in [1.29, 1.82) is 0 Å². The minimum absolute atomic E-state index is 0.0433. The molecule has 2 aliphatic rings. The van der Waals surface area contributed by atoms with Gasteiger partial charge in [0.25, 0.3) is 0 Å². The maximum Gasteiger partial charge on any atom is 0.326 e. The molecule has 7 nitrogen and oxygen atoms in total. The number of nitrogens with one attached hydrogen (secondary N) is 1. The van der Waals surface area contributed by atoms with E-state index in [1.807, 2.05) is 13.8 Å². The fraction of sp³-hybridized carbons (Fsp3) is 0.765. The van der Waals surface area contributed by atoms with Crippen molar-refractivity contribution in [3.63, 3.8) is 0 Å². The smallest absolute Gasteiger partial charge is 0.326 e. The van der Waals surface area contributed by atoms with Crippen LogP contribution in [0, 0.1) is 17.3 Å². The number of carbonyl (C=O) groups is 2. The number of carbonyl (C=O) groups excluding carboxylic acids is 2. The monoisotopic (exact) mass is 372 g/mol. The largest absolute Gasteiger partial charge is 0.750 e. The second kappa shape index (κ2) is 6.48. The van der Waals surface area contributed by atoms with Crippen LogP contribution in [0.5, 0.6) is 0 Å². The maximum atomic E-state index is 12.4. The van der Waals surface area contributed by atoms with Crippen LogP contribution in [0.2, 0.25) is 0 Å². The van der Waals surface area contributed by atoms with Crippen LogP contribution in [0.15, 0.2) is 12.2 Å². The van der Waals surface area contributed by atoms with Gasteiger partial charge in [-0.15, -0.1) is 0 Å². The molecule has 0 saturated heterocycles. The van der Waals surface area contributed by atoms with E-state index in [0.717, 1.165) is 12.8 Å². The van der Waals surface area contributed by atoms with Gasteiger partial charge in [-0.25, -0.2) is 4.21 Å². The van der Waals surface area contributed by atoms with Crippen molar-refractivity contribution in [2.24, 2.45) is 17.3 Å². The number of amides is 1. The number of ether oxygens (including phenoxy) is 1. The average molecular weight is 372 g/mol. The molecule has 25 heavy (non-hydrogen) atoms. The van der Waals surface area contributed by atoms with E-state index in [2.05, 4.69) is 11.9 Å². The van der Waals surface area contributed by atoms with Crippen LogP contribution >= 0.6 is 0 Å². The average Bonchev–Trinajstić information content (AvgIpc) is 2.84. The Morgan fingerprint density at radius 1 is 1.36 bits per heavy atom. The van der Waals surface area contributed by atoms with E-state index in [4.69, 9.17) is 8.92 Å². The summed E-state index contributed by atoms with van der Waals surface area (Å²) in [6.07, 6.45) is 1.62. The van der Waals surface area contributed by atoms with Crippen molar-refractivity contribution in [3.8, 4) is 0 Å². The predicted molar refractivity (Wildman–Crippen MR) is 90.7 cm³/mol. The lowest BCUT2D eigenvalue weighted by molar-refractivity contribution is -0.209. The van der Waals surface area contributed by atoms with E-state index in [0.29, 0.717) is 0 Å². The van der Waals surface area contributed by atoms with Gasteiger partial charge in [0.15, 0.2) is 0 Å². The molecular formula is C17H26NO6S-. The third-order valence-electron chi connectivity index (χ3n) is 6.67. The standard InChI is InChI=1S/C17H27NO6S/c1-10(2)14(20)18-9-13(19)23-17(6)15(4)8-7-12(11(15)3)16(17,5)24-25(21)22/h11-12H,1,7-9H2,2-6H3,(H,18,20)(H,21,22)/p-1. The molecule has 2 aliphatic carbocycles. The molecule has 0 spiro atoms. The molecule has 6 unspecified atom stereocenters. The molecule has 2 bridgehead atoms. The van der Waals surface area contributed by atoms with Crippen LogP contribution < -0.4 is 5.32 Å². The van der Waals surface area contributed by atoms with E-state index >= 15 is 0 Å². The molecule has 2 rings (SSSR count). The molecule has 0 heterocycles. The van der Waals surface area contributed by atoms with Gasteiger partial charge in [0, 0.05) is 11.0 Å². The summed E-state index contributed by atoms with van der Waals surface area (Å²) in [4.78, 5) is 23.9. The lowest BCUT2D eigenvalue weighted by Gasteiger charge is -2.51. The number of esters is 1. The molecule has 0 aromatic heterocycles. The first kappa shape index (κ1) is 20.1. The Bertz CT molecular complexity index is 637. The fourth-order valence-corrected chi connectivity index (χ4v) is 5.36. The highest BCUT2D eigenvalue weighted by atomic mass is 32.2. The molecular weight excluding hydrogens is 346 g/mol. The van der Waals surface area contributed by atoms with Gasteiger partial charge in [-0.1, -0.05) is 20.4 Å². The topological polar surface area (TPSA) is 105 Å². The predicted octanol–water partition coefficient (Wildman–Crippen LogP) is 1.62. The van der Waals surface area contributed by atoms with Crippen LogP contribution in [-0.4, -0.2) is 38.4 Å². The van der Waals surface area contributed by atoms with Crippen molar-refractivity contribution in [2.75, 3.05) is 6.54 Å². The molecule has 0 aliphatic heterocycles. The molecule has 0 aromatic carbocycles. The van der Waals surface area contributed by atoms with Crippen LogP contribution in [0.25, 0.3) is 0 Å². The van der Waals surface area contributed by atoms with Crippen LogP contribution in [0.1, 0.15) is 47.5 Å². The molecule has 8 heteroatoms. The number of hydrogen-bond donors (Lipinski definition) is 1. The number of hydrogen-bond acceptors (Lipinski definition) is 6. The Morgan fingerprint density at radius 3 is 2.48 bits per heavy atom. The zero-order valence-electron chi connectivity index (χ0n) is 15.3. The normalized spacial score (nSPS) is 40.6. The molecule has 2 saturated carbocycles. The van der Waals surface area contributed by atoms with Gasteiger partial charge < -0.3 is 14.6 Å². The summed E-state index contributed by atoms with van der Waals surface area (Å²) in [7, 11) is 0. The van der Waals surface area contributed by atoms with E-state index in [9.17, 15) is 18.4 Å². The molecule has 142 valence electrons. The maximum absolute atomic E-state index is 12.4. The molecule has 0 radical (unpaired) electrons. The molecule has 6 atom stereocenters. The zero-order chi connectivity index (χ0) is 19.2. The molecule has 2 fully saturated rings. The minimum atomic E-state index is -2.73. The van der Waals surface area contributed by atoms with Crippen LogP contribution in [0.3, 0.4) is 0 Å². The highest BCUT2D eigenvalue weighted by Crippen LogP contribution is 2.69. The van der Waals surface area contributed by atoms with E-state index in [-0.39, 0.29) is 24.0 Å². The first-order valence-corrected chi connectivity index (χ1v) is 9.33. The first-order valence-electron chi connectivity index (χ1n) is 8.33.